The van der Waals surface area contributed by atoms with E-state index in [-0.39, 0.29) is 6.01 Å². The standard InChI is InChI=1S/C17H16ClN3O4/c1-22-13-7-5-11(9-12(13)18)19-17-20-16(21-25-17)10-4-6-14(23-2)15(8-10)24-3/h4-9H,1-3H3,(H,19,20,21). The second-order valence-electron chi connectivity index (χ2n) is 4.97. The first-order chi connectivity index (χ1) is 12.1. The molecule has 0 radical (unpaired) electrons. The molecule has 3 aromatic rings. The van der Waals surface area contributed by atoms with E-state index in [4.69, 9.17) is 30.3 Å². The normalized spacial score (nSPS) is 10.4. The predicted octanol–water partition coefficient (Wildman–Crippen LogP) is 4.16. The van der Waals surface area contributed by atoms with Crippen molar-refractivity contribution in [2.24, 2.45) is 0 Å². The molecule has 0 atom stereocenters. The first-order valence-electron chi connectivity index (χ1n) is 7.31. The molecule has 1 aromatic heterocycles. The molecule has 130 valence electrons. The smallest absolute Gasteiger partial charge is 0.326 e. The van der Waals surface area contributed by atoms with Gasteiger partial charge in [0.1, 0.15) is 5.75 Å². The van der Waals surface area contributed by atoms with Gasteiger partial charge in [-0.2, -0.15) is 4.98 Å². The van der Waals surface area contributed by atoms with Gasteiger partial charge >= 0.3 is 6.01 Å². The summed E-state index contributed by atoms with van der Waals surface area (Å²) >= 11 is 6.10. The molecule has 0 aliphatic heterocycles. The van der Waals surface area contributed by atoms with Crippen LogP contribution in [0, 0.1) is 0 Å². The first kappa shape index (κ1) is 16.9. The van der Waals surface area contributed by atoms with Gasteiger partial charge in [-0.1, -0.05) is 16.8 Å². The van der Waals surface area contributed by atoms with E-state index < -0.39 is 0 Å². The number of benzene rings is 2. The Labute approximate surface area is 149 Å². The average molecular weight is 362 g/mol. The maximum atomic E-state index is 6.10. The molecule has 7 nitrogen and oxygen atoms in total. The zero-order chi connectivity index (χ0) is 17.8. The Kier molecular flexibility index (Phi) is 4.95. The van der Waals surface area contributed by atoms with Gasteiger partial charge in [0, 0.05) is 11.3 Å². The van der Waals surface area contributed by atoms with E-state index >= 15 is 0 Å². The molecule has 0 bridgehead atoms. The van der Waals surface area contributed by atoms with Crippen LogP contribution in [0.2, 0.25) is 5.02 Å². The lowest BCUT2D eigenvalue weighted by Gasteiger charge is -2.07. The lowest BCUT2D eigenvalue weighted by Crippen LogP contribution is -1.93. The molecule has 0 spiro atoms. The van der Waals surface area contributed by atoms with E-state index in [0.717, 1.165) is 5.56 Å². The van der Waals surface area contributed by atoms with Crippen molar-refractivity contribution in [2.75, 3.05) is 26.6 Å². The van der Waals surface area contributed by atoms with Crippen LogP contribution in [-0.4, -0.2) is 31.5 Å². The number of ether oxygens (including phenoxy) is 3. The Morgan fingerprint density at radius 2 is 1.64 bits per heavy atom. The summed E-state index contributed by atoms with van der Waals surface area (Å²) in [4.78, 5) is 4.32. The number of hydrogen-bond acceptors (Lipinski definition) is 7. The molecule has 0 saturated heterocycles. The fourth-order valence-corrected chi connectivity index (χ4v) is 2.49. The quantitative estimate of drug-likeness (QED) is 0.706. The van der Waals surface area contributed by atoms with E-state index in [0.29, 0.717) is 33.8 Å². The highest BCUT2D eigenvalue weighted by Gasteiger charge is 2.12. The molecule has 0 unspecified atom stereocenters. The monoisotopic (exact) mass is 361 g/mol. The third kappa shape index (κ3) is 3.61. The first-order valence-corrected chi connectivity index (χ1v) is 7.69. The maximum Gasteiger partial charge on any atom is 0.326 e. The van der Waals surface area contributed by atoms with Crippen LogP contribution in [0.15, 0.2) is 40.9 Å². The molecule has 0 fully saturated rings. The third-order valence-corrected chi connectivity index (χ3v) is 3.77. The minimum atomic E-state index is 0.242. The minimum Gasteiger partial charge on any atom is -0.495 e. The fraction of sp³-hybridized carbons (Fsp3) is 0.176. The summed E-state index contributed by atoms with van der Waals surface area (Å²) in [5, 5.41) is 7.45. The van der Waals surface area contributed by atoms with Crippen LogP contribution in [0.5, 0.6) is 17.2 Å². The van der Waals surface area contributed by atoms with Gasteiger partial charge < -0.3 is 24.1 Å². The van der Waals surface area contributed by atoms with E-state index in [1.807, 2.05) is 6.07 Å². The summed E-state index contributed by atoms with van der Waals surface area (Å²) in [6.45, 7) is 0. The lowest BCUT2D eigenvalue weighted by molar-refractivity contribution is 0.355. The van der Waals surface area contributed by atoms with Crippen LogP contribution < -0.4 is 19.5 Å². The van der Waals surface area contributed by atoms with E-state index in [9.17, 15) is 0 Å². The second kappa shape index (κ2) is 7.31. The van der Waals surface area contributed by atoms with Crippen molar-refractivity contribution in [2.45, 2.75) is 0 Å². The van der Waals surface area contributed by atoms with Gasteiger partial charge in [-0.25, -0.2) is 0 Å². The number of methoxy groups -OCH3 is 3. The molecule has 8 heteroatoms. The van der Waals surface area contributed by atoms with Crippen molar-refractivity contribution in [1.29, 1.82) is 0 Å². The fourth-order valence-electron chi connectivity index (χ4n) is 2.23. The molecule has 25 heavy (non-hydrogen) atoms. The highest BCUT2D eigenvalue weighted by atomic mass is 35.5. The van der Waals surface area contributed by atoms with Crippen molar-refractivity contribution < 1.29 is 18.7 Å². The number of anilines is 2. The summed E-state index contributed by atoms with van der Waals surface area (Å²) in [5.74, 6) is 2.22. The zero-order valence-electron chi connectivity index (χ0n) is 13.9. The van der Waals surface area contributed by atoms with E-state index in [1.165, 1.54) is 0 Å². The van der Waals surface area contributed by atoms with Gasteiger partial charge in [-0.3, -0.25) is 0 Å². The summed E-state index contributed by atoms with van der Waals surface area (Å²) in [5.41, 5.74) is 1.44. The summed E-state index contributed by atoms with van der Waals surface area (Å²) in [6, 6.07) is 10.9. The summed E-state index contributed by atoms with van der Waals surface area (Å²) in [7, 11) is 4.70. The Bertz CT molecular complexity index is 882. The number of nitrogens with zero attached hydrogens (tertiary/aromatic N) is 2. The number of aromatic nitrogens is 2. The summed E-state index contributed by atoms with van der Waals surface area (Å²) in [6.07, 6.45) is 0. The molecule has 3 rings (SSSR count). The molecular weight excluding hydrogens is 346 g/mol. The second-order valence-corrected chi connectivity index (χ2v) is 5.37. The molecule has 2 aromatic carbocycles. The van der Waals surface area contributed by atoms with Gasteiger partial charge in [0.25, 0.3) is 0 Å². The Morgan fingerprint density at radius 1 is 0.920 bits per heavy atom. The van der Waals surface area contributed by atoms with Crippen LogP contribution in [0.1, 0.15) is 0 Å². The van der Waals surface area contributed by atoms with Gasteiger partial charge in [0.2, 0.25) is 5.82 Å². The van der Waals surface area contributed by atoms with Gasteiger partial charge in [0.05, 0.1) is 26.4 Å². The van der Waals surface area contributed by atoms with E-state index in [2.05, 4.69) is 15.5 Å². The molecular formula is C17H16ClN3O4. The Hall–Kier alpha value is -2.93. The van der Waals surface area contributed by atoms with Crippen LogP contribution in [-0.2, 0) is 0 Å². The average Bonchev–Trinajstić information content (AvgIpc) is 3.09. The zero-order valence-corrected chi connectivity index (χ0v) is 14.6. The van der Waals surface area contributed by atoms with Gasteiger partial charge in [-0.15, -0.1) is 0 Å². The van der Waals surface area contributed by atoms with Crippen molar-refractivity contribution in [3.05, 3.63) is 41.4 Å². The molecule has 0 saturated carbocycles. The van der Waals surface area contributed by atoms with Crippen LogP contribution >= 0.6 is 11.6 Å². The largest absolute Gasteiger partial charge is 0.495 e. The number of halogens is 1. The van der Waals surface area contributed by atoms with Crippen molar-refractivity contribution in [1.82, 2.24) is 10.1 Å². The molecule has 0 amide bonds. The number of hydrogen-bond donors (Lipinski definition) is 1. The highest BCUT2D eigenvalue weighted by molar-refractivity contribution is 6.32. The van der Waals surface area contributed by atoms with Crippen molar-refractivity contribution in [3.8, 4) is 28.6 Å². The molecule has 0 aliphatic carbocycles. The number of rotatable bonds is 6. The van der Waals surface area contributed by atoms with Crippen LogP contribution in [0.25, 0.3) is 11.4 Å². The topological polar surface area (TPSA) is 78.6 Å². The van der Waals surface area contributed by atoms with Crippen molar-refractivity contribution >= 4 is 23.3 Å². The maximum absolute atomic E-state index is 6.10. The van der Waals surface area contributed by atoms with Crippen LogP contribution in [0.4, 0.5) is 11.7 Å². The third-order valence-electron chi connectivity index (χ3n) is 3.47. The van der Waals surface area contributed by atoms with Crippen molar-refractivity contribution in [3.63, 3.8) is 0 Å². The van der Waals surface area contributed by atoms with E-state index in [1.54, 1.807) is 51.7 Å². The minimum absolute atomic E-state index is 0.242. The van der Waals surface area contributed by atoms with Gasteiger partial charge in [-0.05, 0) is 36.4 Å². The highest BCUT2D eigenvalue weighted by Crippen LogP contribution is 2.32. The molecule has 0 aliphatic rings. The Balaban J connectivity index is 1.82. The Morgan fingerprint density at radius 3 is 2.32 bits per heavy atom. The lowest BCUT2D eigenvalue weighted by atomic mass is 10.2. The van der Waals surface area contributed by atoms with Crippen LogP contribution in [0.3, 0.4) is 0 Å². The predicted molar refractivity (Wildman–Crippen MR) is 94.1 cm³/mol. The van der Waals surface area contributed by atoms with Gasteiger partial charge in [0.15, 0.2) is 11.5 Å². The number of nitrogens with one attached hydrogen (secondary N) is 1. The molecule has 1 heterocycles. The summed E-state index contributed by atoms with van der Waals surface area (Å²) < 4.78 is 20.9. The molecule has 1 N–H and O–H groups in total. The SMILES string of the molecule is COc1ccc(Nc2nc(-c3ccc(OC)c(OC)c3)no2)cc1Cl.